The summed E-state index contributed by atoms with van der Waals surface area (Å²) in [5.74, 6) is 1.02. The van der Waals surface area contributed by atoms with E-state index in [0.29, 0.717) is 0 Å². The third-order valence-corrected chi connectivity index (χ3v) is 2.94. The molecule has 1 aliphatic carbocycles. The van der Waals surface area contributed by atoms with Gasteiger partial charge < -0.3 is 10.6 Å². The van der Waals surface area contributed by atoms with E-state index in [1.54, 1.807) is 0 Å². The van der Waals surface area contributed by atoms with Crippen LogP contribution in [0.1, 0.15) is 12.8 Å². The minimum absolute atomic E-state index is 1.02. The summed E-state index contributed by atoms with van der Waals surface area (Å²) in [6.45, 7) is 8.46. The van der Waals surface area contributed by atoms with Crippen molar-refractivity contribution >= 4 is 0 Å². The molecule has 1 saturated carbocycles. The SMILES string of the molecule is C1CN(CCNCC2CC2)CCN1. The van der Waals surface area contributed by atoms with Gasteiger partial charge in [0, 0.05) is 39.3 Å². The third kappa shape index (κ3) is 3.63. The first-order valence-corrected chi connectivity index (χ1v) is 5.59. The largest absolute Gasteiger partial charge is 0.315 e. The Balaban J connectivity index is 1.46. The van der Waals surface area contributed by atoms with E-state index in [2.05, 4.69) is 15.5 Å². The fourth-order valence-electron chi connectivity index (χ4n) is 1.80. The van der Waals surface area contributed by atoms with Gasteiger partial charge in [-0.05, 0) is 25.3 Å². The van der Waals surface area contributed by atoms with Gasteiger partial charge in [-0.1, -0.05) is 0 Å². The molecule has 2 N–H and O–H groups in total. The molecular weight excluding hydrogens is 162 g/mol. The molecule has 3 nitrogen and oxygen atoms in total. The standard InChI is InChI=1S/C10H21N3/c1-2-10(1)9-12-5-8-13-6-3-11-4-7-13/h10-12H,1-9H2. The van der Waals surface area contributed by atoms with Crippen molar-refractivity contribution in [3.05, 3.63) is 0 Å². The maximum Gasteiger partial charge on any atom is 0.0108 e. The van der Waals surface area contributed by atoms with Crippen molar-refractivity contribution < 1.29 is 0 Å². The highest BCUT2D eigenvalue weighted by Gasteiger charge is 2.20. The first-order chi connectivity index (χ1) is 6.45. The van der Waals surface area contributed by atoms with Crippen LogP contribution < -0.4 is 10.6 Å². The maximum atomic E-state index is 3.53. The molecule has 2 rings (SSSR count). The molecule has 0 radical (unpaired) electrons. The van der Waals surface area contributed by atoms with Gasteiger partial charge in [-0.15, -0.1) is 0 Å². The molecule has 0 amide bonds. The van der Waals surface area contributed by atoms with Crippen molar-refractivity contribution in [1.29, 1.82) is 0 Å². The van der Waals surface area contributed by atoms with E-state index >= 15 is 0 Å². The molecule has 2 aliphatic rings. The van der Waals surface area contributed by atoms with Gasteiger partial charge >= 0.3 is 0 Å². The van der Waals surface area contributed by atoms with E-state index in [9.17, 15) is 0 Å². The molecule has 0 aromatic heterocycles. The zero-order chi connectivity index (χ0) is 8.93. The molecule has 13 heavy (non-hydrogen) atoms. The van der Waals surface area contributed by atoms with Gasteiger partial charge in [0.15, 0.2) is 0 Å². The molecule has 2 fully saturated rings. The lowest BCUT2D eigenvalue weighted by Gasteiger charge is -2.27. The van der Waals surface area contributed by atoms with E-state index in [0.717, 1.165) is 5.92 Å². The summed E-state index contributed by atoms with van der Waals surface area (Å²) in [6, 6.07) is 0. The van der Waals surface area contributed by atoms with Crippen molar-refractivity contribution in [2.75, 3.05) is 45.8 Å². The van der Waals surface area contributed by atoms with Crippen LogP contribution in [0, 0.1) is 5.92 Å². The third-order valence-electron chi connectivity index (χ3n) is 2.94. The highest BCUT2D eigenvalue weighted by atomic mass is 15.2. The minimum Gasteiger partial charge on any atom is -0.315 e. The number of hydrogen-bond donors (Lipinski definition) is 2. The lowest BCUT2D eigenvalue weighted by atomic mass is 10.3. The molecule has 0 bridgehead atoms. The molecule has 0 aromatic rings. The van der Waals surface area contributed by atoms with E-state index < -0.39 is 0 Å². The average Bonchev–Trinajstić information content (AvgIpc) is 2.98. The normalized spacial score (nSPS) is 24.9. The van der Waals surface area contributed by atoms with Crippen LogP contribution in [0.5, 0.6) is 0 Å². The zero-order valence-corrected chi connectivity index (χ0v) is 8.39. The smallest absolute Gasteiger partial charge is 0.0108 e. The van der Waals surface area contributed by atoms with Gasteiger partial charge in [-0.25, -0.2) is 0 Å². The van der Waals surface area contributed by atoms with Crippen molar-refractivity contribution in [3.8, 4) is 0 Å². The van der Waals surface area contributed by atoms with Crippen LogP contribution in [0.3, 0.4) is 0 Å². The predicted molar refractivity (Wildman–Crippen MR) is 54.9 cm³/mol. The second-order valence-electron chi connectivity index (χ2n) is 4.24. The van der Waals surface area contributed by atoms with Gasteiger partial charge in [0.2, 0.25) is 0 Å². The van der Waals surface area contributed by atoms with Crippen molar-refractivity contribution in [2.24, 2.45) is 5.92 Å². The van der Waals surface area contributed by atoms with Gasteiger partial charge in [-0.3, -0.25) is 4.90 Å². The number of rotatable bonds is 5. The zero-order valence-electron chi connectivity index (χ0n) is 8.39. The van der Waals surface area contributed by atoms with Crippen molar-refractivity contribution in [1.82, 2.24) is 15.5 Å². The van der Waals surface area contributed by atoms with Crippen LogP contribution in [0.4, 0.5) is 0 Å². The quantitative estimate of drug-likeness (QED) is 0.582. The Kier molecular flexibility index (Phi) is 3.58. The second kappa shape index (κ2) is 4.94. The number of hydrogen-bond acceptors (Lipinski definition) is 3. The monoisotopic (exact) mass is 183 g/mol. The molecule has 1 saturated heterocycles. The summed E-state index contributed by atoms with van der Waals surface area (Å²) in [7, 11) is 0. The Morgan fingerprint density at radius 1 is 1.23 bits per heavy atom. The van der Waals surface area contributed by atoms with Gasteiger partial charge in [0.1, 0.15) is 0 Å². The lowest BCUT2D eigenvalue weighted by molar-refractivity contribution is 0.241. The Hall–Kier alpha value is -0.120. The summed E-state index contributed by atoms with van der Waals surface area (Å²) < 4.78 is 0. The fourth-order valence-corrected chi connectivity index (χ4v) is 1.80. The topological polar surface area (TPSA) is 27.3 Å². The second-order valence-corrected chi connectivity index (χ2v) is 4.24. The Morgan fingerprint density at radius 3 is 2.69 bits per heavy atom. The highest BCUT2D eigenvalue weighted by molar-refractivity contribution is 4.76. The van der Waals surface area contributed by atoms with Gasteiger partial charge in [0.05, 0.1) is 0 Å². The summed E-state index contributed by atoms with van der Waals surface area (Å²) in [5.41, 5.74) is 0. The molecule has 76 valence electrons. The number of nitrogens with one attached hydrogen (secondary N) is 2. The predicted octanol–water partition coefficient (Wildman–Crippen LogP) is -0.109. The van der Waals surface area contributed by atoms with E-state index in [-0.39, 0.29) is 0 Å². The van der Waals surface area contributed by atoms with Crippen LogP contribution in [0.25, 0.3) is 0 Å². The van der Waals surface area contributed by atoms with E-state index in [1.807, 2.05) is 0 Å². The van der Waals surface area contributed by atoms with Crippen LogP contribution in [0.15, 0.2) is 0 Å². The molecule has 0 atom stereocenters. The van der Waals surface area contributed by atoms with Gasteiger partial charge in [-0.2, -0.15) is 0 Å². The summed E-state index contributed by atoms with van der Waals surface area (Å²) in [5, 5.41) is 6.90. The van der Waals surface area contributed by atoms with Crippen LogP contribution in [0.2, 0.25) is 0 Å². The van der Waals surface area contributed by atoms with Crippen molar-refractivity contribution in [3.63, 3.8) is 0 Å². The van der Waals surface area contributed by atoms with Gasteiger partial charge in [0.25, 0.3) is 0 Å². The Bertz CT molecular complexity index is 139. The van der Waals surface area contributed by atoms with Crippen LogP contribution >= 0.6 is 0 Å². The van der Waals surface area contributed by atoms with E-state index in [4.69, 9.17) is 0 Å². The Morgan fingerprint density at radius 2 is 2.00 bits per heavy atom. The summed E-state index contributed by atoms with van der Waals surface area (Å²) in [4.78, 5) is 2.54. The lowest BCUT2D eigenvalue weighted by Crippen LogP contribution is -2.45. The van der Waals surface area contributed by atoms with Crippen molar-refractivity contribution in [2.45, 2.75) is 12.8 Å². The van der Waals surface area contributed by atoms with Crippen LogP contribution in [-0.4, -0.2) is 50.7 Å². The number of piperazine rings is 1. The summed E-state index contributed by atoms with van der Waals surface area (Å²) in [6.07, 6.45) is 2.92. The van der Waals surface area contributed by atoms with E-state index in [1.165, 1.54) is 58.7 Å². The molecule has 0 spiro atoms. The average molecular weight is 183 g/mol. The first kappa shape index (κ1) is 9.44. The molecular formula is C10H21N3. The minimum atomic E-state index is 1.02. The molecule has 0 unspecified atom stereocenters. The molecule has 1 aliphatic heterocycles. The Labute approximate surface area is 80.9 Å². The summed E-state index contributed by atoms with van der Waals surface area (Å²) >= 11 is 0. The fraction of sp³-hybridized carbons (Fsp3) is 1.00. The molecule has 3 heteroatoms. The molecule has 1 heterocycles. The first-order valence-electron chi connectivity index (χ1n) is 5.59. The maximum absolute atomic E-state index is 3.53. The highest BCUT2D eigenvalue weighted by Crippen LogP contribution is 2.27. The molecule has 0 aromatic carbocycles. The van der Waals surface area contributed by atoms with Crippen LogP contribution in [-0.2, 0) is 0 Å². The number of nitrogens with zero attached hydrogens (tertiary/aromatic N) is 1.